The molecule has 5 heteroatoms. The van der Waals surface area contributed by atoms with Gasteiger partial charge in [-0.05, 0) is 17.7 Å². The van der Waals surface area contributed by atoms with E-state index in [-0.39, 0.29) is 5.56 Å². The molecule has 1 atom stereocenters. The Morgan fingerprint density at radius 3 is 1.92 bits per heavy atom. The van der Waals surface area contributed by atoms with Crippen LogP contribution < -0.4 is 0 Å². The van der Waals surface area contributed by atoms with Gasteiger partial charge < -0.3 is 0 Å². The summed E-state index contributed by atoms with van der Waals surface area (Å²) >= 11 is 2.48. The summed E-state index contributed by atoms with van der Waals surface area (Å²) in [5.41, 5.74) is -0.00565. The van der Waals surface area contributed by atoms with E-state index in [1.807, 2.05) is 0 Å². The van der Waals surface area contributed by atoms with Crippen molar-refractivity contribution in [2.24, 2.45) is 0 Å². The van der Waals surface area contributed by atoms with Crippen molar-refractivity contribution >= 4 is 15.9 Å². The number of hydrogen-bond donors (Lipinski definition) is 0. The van der Waals surface area contributed by atoms with E-state index in [4.69, 9.17) is 0 Å². The van der Waals surface area contributed by atoms with Gasteiger partial charge in [0.05, 0.1) is 0 Å². The maximum absolute atomic E-state index is 12.4. The second-order valence-electron chi connectivity index (χ2n) is 2.46. The number of benzene rings is 1. The summed E-state index contributed by atoms with van der Waals surface area (Å²) in [5.74, 6) is -0.550. The second-order valence-corrected chi connectivity index (χ2v) is 3.37. The van der Waals surface area contributed by atoms with Gasteiger partial charge in [-0.25, -0.2) is 4.39 Å². The lowest BCUT2D eigenvalue weighted by Gasteiger charge is -2.13. The normalized spacial score (nSPS) is 14.2. The summed E-state index contributed by atoms with van der Waals surface area (Å²) in [7, 11) is 0. The van der Waals surface area contributed by atoms with Crippen LogP contribution in [-0.2, 0) is 0 Å². The predicted octanol–water partition coefficient (Wildman–Crippen LogP) is 3.82. The molecule has 0 bridgehead atoms. The van der Waals surface area contributed by atoms with Crippen molar-refractivity contribution in [1.29, 1.82) is 0 Å². The van der Waals surface area contributed by atoms with Crippen LogP contribution in [0.4, 0.5) is 17.6 Å². The first-order valence-corrected chi connectivity index (χ1v) is 4.29. The van der Waals surface area contributed by atoms with Crippen LogP contribution in [0.2, 0.25) is 0 Å². The number of alkyl halides is 4. The molecule has 1 aromatic carbocycles. The van der Waals surface area contributed by atoms with Crippen LogP contribution in [-0.4, -0.2) is 6.18 Å². The van der Waals surface area contributed by atoms with Gasteiger partial charge in [0.15, 0.2) is 0 Å². The van der Waals surface area contributed by atoms with Crippen LogP contribution in [0.15, 0.2) is 24.3 Å². The molecule has 13 heavy (non-hydrogen) atoms. The molecule has 0 aliphatic heterocycles. The monoisotopic (exact) mass is 256 g/mol. The SMILES string of the molecule is Fc1ccc([C@@H](Br)C(F)(F)F)cc1. The summed E-state index contributed by atoms with van der Waals surface area (Å²) in [6, 6.07) is 4.19. The average molecular weight is 257 g/mol. The molecule has 0 heterocycles. The van der Waals surface area contributed by atoms with E-state index in [2.05, 4.69) is 15.9 Å². The third-order valence-corrected chi connectivity index (χ3v) is 2.50. The minimum atomic E-state index is -4.35. The molecular weight excluding hydrogens is 252 g/mol. The fourth-order valence-corrected chi connectivity index (χ4v) is 1.13. The number of hydrogen-bond acceptors (Lipinski definition) is 0. The van der Waals surface area contributed by atoms with Crippen LogP contribution in [0, 0.1) is 5.82 Å². The lowest BCUT2D eigenvalue weighted by Crippen LogP contribution is -2.15. The second kappa shape index (κ2) is 3.65. The van der Waals surface area contributed by atoms with E-state index in [0.717, 1.165) is 24.3 Å². The topological polar surface area (TPSA) is 0 Å². The predicted molar refractivity (Wildman–Crippen MR) is 44.1 cm³/mol. The average Bonchev–Trinajstić information content (AvgIpc) is 2.03. The van der Waals surface area contributed by atoms with E-state index in [1.54, 1.807) is 0 Å². The molecule has 72 valence electrons. The highest BCUT2D eigenvalue weighted by atomic mass is 79.9. The van der Waals surface area contributed by atoms with Gasteiger partial charge in [0.25, 0.3) is 0 Å². The largest absolute Gasteiger partial charge is 0.405 e. The molecule has 0 amide bonds. The Kier molecular flexibility index (Phi) is 2.95. The van der Waals surface area contributed by atoms with Crippen molar-refractivity contribution in [3.63, 3.8) is 0 Å². The maximum atomic E-state index is 12.4. The minimum absolute atomic E-state index is 0.00565. The van der Waals surface area contributed by atoms with Crippen molar-refractivity contribution in [2.45, 2.75) is 11.0 Å². The van der Waals surface area contributed by atoms with E-state index in [1.165, 1.54) is 0 Å². The minimum Gasteiger partial charge on any atom is -0.207 e. The first-order valence-electron chi connectivity index (χ1n) is 3.37. The molecule has 0 N–H and O–H groups in total. The van der Waals surface area contributed by atoms with Crippen molar-refractivity contribution in [3.8, 4) is 0 Å². The Morgan fingerprint density at radius 2 is 1.54 bits per heavy atom. The molecular formula is C8H5BrF4. The fraction of sp³-hybridized carbons (Fsp3) is 0.250. The smallest absolute Gasteiger partial charge is 0.207 e. The Morgan fingerprint density at radius 1 is 1.08 bits per heavy atom. The van der Waals surface area contributed by atoms with E-state index in [9.17, 15) is 17.6 Å². The maximum Gasteiger partial charge on any atom is 0.405 e. The van der Waals surface area contributed by atoms with Gasteiger partial charge in [-0.15, -0.1) is 0 Å². The fourth-order valence-electron chi connectivity index (χ4n) is 0.821. The molecule has 0 aromatic heterocycles. The van der Waals surface area contributed by atoms with Crippen molar-refractivity contribution in [1.82, 2.24) is 0 Å². The molecule has 0 radical (unpaired) electrons. The van der Waals surface area contributed by atoms with E-state index in [0.29, 0.717) is 0 Å². The first kappa shape index (κ1) is 10.5. The first-order chi connectivity index (χ1) is 5.91. The molecule has 0 aliphatic carbocycles. The highest BCUT2D eigenvalue weighted by Crippen LogP contribution is 2.39. The van der Waals surface area contributed by atoms with Crippen LogP contribution in [0.25, 0.3) is 0 Å². The summed E-state index contributed by atoms with van der Waals surface area (Å²) in [6.07, 6.45) is -4.35. The highest BCUT2D eigenvalue weighted by Gasteiger charge is 2.38. The molecule has 0 aliphatic rings. The van der Waals surface area contributed by atoms with Gasteiger partial charge in [0.2, 0.25) is 0 Å². The van der Waals surface area contributed by atoms with Crippen LogP contribution >= 0.6 is 15.9 Å². The van der Waals surface area contributed by atoms with Gasteiger partial charge in [-0.2, -0.15) is 13.2 Å². The van der Waals surface area contributed by atoms with Gasteiger partial charge >= 0.3 is 6.18 Å². The molecule has 1 rings (SSSR count). The van der Waals surface area contributed by atoms with Crippen molar-refractivity contribution < 1.29 is 17.6 Å². The summed E-state index contributed by atoms with van der Waals surface area (Å²) in [4.78, 5) is -1.74. The number of rotatable bonds is 1. The highest BCUT2D eigenvalue weighted by molar-refractivity contribution is 9.09. The quantitative estimate of drug-likeness (QED) is 0.529. The van der Waals surface area contributed by atoms with E-state index >= 15 is 0 Å². The third kappa shape index (κ3) is 2.69. The van der Waals surface area contributed by atoms with Gasteiger partial charge in [-0.1, -0.05) is 28.1 Å². The molecule has 0 unspecified atom stereocenters. The lowest BCUT2D eigenvalue weighted by molar-refractivity contribution is -0.128. The number of halogens is 5. The summed E-state index contributed by atoms with van der Waals surface area (Å²) in [6.45, 7) is 0. The van der Waals surface area contributed by atoms with Gasteiger partial charge in [-0.3, -0.25) is 0 Å². The van der Waals surface area contributed by atoms with Crippen LogP contribution in [0.1, 0.15) is 10.4 Å². The summed E-state index contributed by atoms with van der Waals surface area (Å²) in [5, 5.41) is 0. The standard InChI is InChI=1S/C8H5BrF4/c9-7(8(11,12)13)5-1-3-6(10)4-2-5/h1-4,7H/t7-/m1/s1. The molecule has 0 saturated heterocycles. The molecule has 0 spiro atoms. The zero-order valence-corrected chi connectivity index (χ0v) is 7.86. The molecule has 0 fully saturated rings. The Balaban J connectivity index is 2.90. The molecule has 0 nitrogen and oxygen atoms in total. The summed E-state index contributed by atoms with van der Waals surface area (Å²) < 4.78 is 48.6. The van der Waals surface area contributed by atoms with Gasteiger partial charge in [0.1, 0.15) is 10.6 Å². The van der Waals surface area contributed by atoms with Gasteiger partial charge in [0, 0.05) is 0 Å². The molecule has 0 saturated carbocycles. The van der Waals surface area contributed by atoms with Crippen molar-refractivity contribution in [3.05, 3.63) is 35.6 Å². The Bertz CT molecular complexity index is 277. The third-order valence-electron chi connectivity index (χ3n) is 1.45. The van der Waals surface area contributed by atoms with Crippen LogP contribution in [0.3, 0.4) is 0 Å². The Hall–Kier alpha value is -0.580. The zero-order valence-electron chi connectivity index (χ0n) is 6.28. The Labute approximate surface area is 80.7 Å². The van der Waals surface area contributed by atoms with E-state index < -0.39 is 16.8 Å². The van der Waals surface area contributed by atoms with Crippen LogP contribution in [0.5, 0.6) is 0 Å². The molecule has 1 aromatic rings. The lowest BCUT2D eigenvalue weighted by atomic mass is 10.1. The zero-order chi connectivity index (χ0) is 10.1. The van der Waals surface area contributed by atoms with Crippen molar-refractivity contribution in [2.75, 3.05) is 0 Å².